The summed E-state index contributed by atoms with van der Waals surface area (Å²) in [6, 6.07) is -0.101. The molecule has 0 bridgehead atoms. The van der Waals surface area contributed by atoms with Crippen LogP contribution in [0, 0.1) is 17.8 Å². The van der Waals surface area contributed by atoms with Gasteiger partial charge in [-0.1, -0.05) is 25.4 Å². The SMILES string of the molecule is CC(C)C(N)c1noc(C2C3CCCC32)n1. The van der Waals surface area contributed by atoms with Gasteiger partial charge in [0, 0.05) is 5.92 Å². The van der Waals surface area contributed by atoms with Crippen LogP contribution < -0.4 is 5.73 Å². The predicted molar refractivity (Wildman–Crippen MR) is 59.6 cm³/mol. The number of aromatic nitrogens is 2. The fourth-order valence-electron chi connectivity index (χ4n) is 3.00. The Morgan fingerprint density at radius 1 is 1.31 bits per heavy atom. The maximum atomic E-state index is 6.00. The Bertz CT molecular complexity index is 377. The number of fused-ring (bicyclic) bond motifs is 1. The molecule has 16 heavy (non-hydrogen) atoms. The van der Waals surface area contributed by atoms with E-state index in [1.54, 1.807) is 0 Å². The Morgan fingerprint density at radius 2 is 2.00 bits per heavy atom. The summed E-state index contributed by atoms with van der Waals surface area (Å²) >= 11 is 0. The number of hydrogen-bond donors (Lipinski definition) is 1. The Kier molecular flexibility index (Phi) is 2.28. The molecule has 0 aliphatic heterocycles. The van der Waals surface area contributed by atoms with Crippen molar-refractivity contribution in [3.8, 4) is 0 Å². The molecule has 0 radical (unpaired) electrons. The summed E-state index contributed by atoms with van der Waals surface area (Å²) in [5.74, 6) is 4.06. The fraction of sp³-hybridized carbons (Fsp3) is 0.833. The van der Waals surface area contributed by atoms with Crippen LogP contribution in [0.15, 0.2) is 4.52 Å². The van der Waals surface area contributed by atoms with Gasteiger partial charge >= 0.3 is 0 Å². The van der Waals surface area contributed by atoms with Crippen LogP contribution in [-0.2, 0) is 0 Å². The van der Waals surface area contributed by atoms with Crippen molar-refractivity contribution in [2.24, 2.45) is 23.5 Å². The van der Waals surface area contributed by atoms with Crippen LogP contribution in [0.2, 0.25) is 0 Å². The van der Waals surface area contributed by atoms with Crippen molar-refractivity contribution in [2.45, 2.75) is 45.1 Å². The third-order valence-corrected chi connectivity index (χ3v) is 4.17. The first-order valence-corrected chi connectivity index (χ1v) is 6.27. The highest BCUT2D eigenvalue weighted by Gasteiger charge is 2.56. The minimum absolute atomic E-state index is 0.101. The maximum Gasteiger partial charge on any atom is 0.230 e. The van der Waals surface area contributed by atoms with E-state index in [-0.39, 0.29) is 6.04 Å². The van der Waals surface area contributed by atoms with Crippen molar-refractivity contribution >= 4 is 0 Å². The molecule has 0 saturated heterocycles. The van der Waals surface area contributed by atoms with E-state index in [0.717, 1.165) is 17.7 Å². The van der Waals surface area contributed by atoms with E-state index < -0.39 is 0 Å². The highest BCUT2D eigenvalue weighted by atomic mass is 16.5. The first-order chi connectivity index (χ1) is 7.68. The Balaban J connectivity index is 1.74. The third kappa shape index (κ3) is 1.47. The van der Waals surface area contributed by atoms with E-state index in [9.17, 15) is 0 Å². The Hall–Kier alpha value is -0.900. The molecular formula is C12H19N3O. The molecule has 3 rings (SSSR count). The molecular weight excluding hydrogens is 202 g/mol. The lowest BCUT2D eigenvalue weighted by molar-refractivity contribution is 0.354. The molecule has 2 fully saturated rings. The van der Waals surface area contributed by atoms with E-state index >= 15 is 0 Å². The average Bonchev–Trinajstić information content (AvgIpc) is 2.75. The van der Waals surface area contributed by atoms with Gasteiger partial charge in [-0.05, 0) is 30.6 Å². The molecule has 2 aliphatic rings. The molecule has 2 aliphatic carbocycles. The van der Waals surface area contributed by atoms with Gasteiger partial charge < -0.3 is 10.3 Å². The molecule has 0 aromatic carbocycles. The van der Waals surface area contributed by atoms with E-state index in [0.29, 0.717) is 17.7 Å². The zero-order valence-corrected chi connectivity index (χ0v) is 9.89. The first kappa shape index (κ1) is 10.3. The molecule has 1 aromatic rings. The molecule has 0 spiro atoms. The lowest BCUT2D eigenvalue weighted by atomic mass is 10.1. The number of nitrogens with two attached hydrogens (primary N) is 1. The van der Waals surface area contributed by atoms with Gasteiger partial charge in [-0.15, -0.1) is 0 Å². The van der Waals surface area contributed by atoms with Crippen LogP contribution in [0.25, 0.3) is 0 Å². The number of hydrogen-bond acceptors (Lipinski definition) is 4. The van der Waals surface area contributed by atoms with Gasteiger partial charge in [0.2, 0.25) is 5.89 Å². The quantitative estimate of drug-likeness (QED) is 0.850. The van der Waals surface area contributed by atoms with E-state index in [4.69, 9.17) is 10.3 Å². The Morgan fingerprint density at radius 3 is 2.62 bits per heavy atom. The monoisotopic (exact) mass is 221 g/mol. The van der Waals surface area contributed by atoms with Crippen molar-refractivity contribution in [3.63, 3.8) is 0 Å². The van der Waals surface area contributed by atoms with Crippen LogP contribution in [-0.4, -0.2) is 10.1 Å². The number of nitrogens with zero attached hydrogens (tertiary/aromatic N) is 2. The van der Waals surface area contributed by atoms with Gasteiger partial charge in [0.05, 0.1) is 6.04 Å². The van der Waals surface area contributed by atoms with Gasteiger partial charge in [0.1, 0.15) is 0 Å². The van der Waals surface area contributed by atoms with Crippen LogP contribution in [0.1, 0.15) is 56.8 Å². The predicted octanol–water partition coefficient (Wildman–Crippen LogP) is 2.24. The average molecular weight is 221 g/mol. The van der Waals surface area contributed by atoms with Crippen LogP contribution in [0.4, 0.5) is 0 Å². The zero-order valence-electron chi connectivity index (χ0n) is 9.89. The largest absolute Gasteiger partial charge is 0.339 e. The Labute approximate surface area is 95.6 Å². The summed E-state index contributed by atoms with van der Waals surface area (Å²) in [4.78, 5) is 4.47. The second kappa shape index (κ2) is 3.55. The third-order valence-electron chi connectivity index (χ3n) is 4.17. The van der Waals surface area contributed by atoms with Gasteiger partial charge in [-0.25, -0.2) is 0 Å². The number of rotatable bonds is 3. The molecule has 0 amide bonds. The van der Waals surface area contributed by atoms with Gasteiger partial charge in [0.25, 0.3) is 0 Å². The van der Waals surface area contributed by atoms with Gasteiger partial charge in [0.15, 0.2) is 5.82 Å². The summed E-state index contributed by atoms with van der Waals surface area (Å²) < 4.78 is 5.36. The first-order valence-electron chi connectivity index (χ1n) is 6.27. The molecule has 1 heterocycles. The smallest absolute Gasteiger partial charge is 0.230 e. The highest BCUT2D eigenvalue weighted by Crippen LogP contribution is 2.62. The van der Waals surface area contributed by atoms with Crippen molar-refractivity contribution in [2.75, 3.05) is 0 Å². The summed E-state index contributed by atoms with van der Waals surface area (Å²) in [5, 5.41) is 4.01. The topological polar surface area (TPSA) is 64.9 Å². The van der Waals surface area contributed by atoms with Crippen LogP contribution >= 0.6 is 0 Å². The molecule has 2 N–H and O–H groups in total. The standard InChI is InChI=1S/C12H19N3O/c1-6(2)10(13)11-14-12(16-15-11)9-7-4-3-5-8(7)9/h6-10H,3-5,13H2,1-2H3. The van der Waals surface area contributed by atoms with Crippen molar-refractivity contribution in [3.05, 3.63) is 11.7 Å². The van der Waals surface area contributed by atoms with E-state index in [1.165, 1.54) is 19.3 Å². The van der Waals surface area contributed by atoms with Crippen LogP contribution in [0.5, 0.6) is 0 Å². The lowest BCUT2D eigenvalue weighted by Gasteiger charge is -2.09. The molecule has 3 unspecified atom stereocenters. The lowest BCUT2D eigenvalue weighted by Crippen LogP contribution is -2.18. The summed E-state index contributed by atoms with van der Waals surface area (Å²) in [6.07, 6.45) is 4.05. The summed E-state index contributed by atoms with van der Waals surface area (Å²) in [6.45, 7) is 4.15. The fourth-order valence-corrected chi connectivity index (χ4v) is 3.00. The maximum absolute atomic E-state index is 6.00. The zero-order chi connectivity index (χ0) is 11.3. The van der Waals surface area contributed by atoms with Crippen LogP contribution in [0.3, 0.4) is 0 Å². The van der Waals surface area contributed by atoms with Gasteiger partial charge in [-0.2, -0.15) is 4.98 Å². The normalized spacial score (nSPS) is 34.1. The van der Waals surface area contributed by atoms with E-state index in [1.807, 2.05) is 0 Å². The molecule has 4 heteroatoms. The minimum Gasteiger partial charge on any atom is -0.339 e. The summed E-state index contributed by atoms with van der Waals surface area (Å²) in [7, 11) is 0. The molecule has 1 aromatic heterocycles. The van der Waals surface area contributed by atoms with Crippen molar-refractivity contribution in [1.29, 1.82) is 0 Å². The molecule has 4 nitrogen and oxygen atoms in total. The molecule has 88 valence electrons. The second-order valence-corrected chi connectivity index (χ2v) is 5.55. The van der Waals surface area contributed by atoms with Crippen molar-refractivity contribution in [1.82, 2.24) is 10.1 Å². The second-order valence-electron chi connectivity index (χ2n) is 5.55. The van der Waals surface area contributed by atoms with Gasteiger partial charge in [-0.3, -0.25) is 0 Å². The van der Waals surface area contributed by atoms with E-state index in [2.05, 4.69) is 24.0 Å². The van der Waals surface area contributed by atoms with Crippen molar-refractivity contribution < 1.29 is 4.52 Å². The summed E-state index contributed by atoms with van der Waals surface area (Å²) in [5.41, 5.74) is 6.00. The molecule has 3 atom stereocenters. The minimum atomic E-state index is -0.101. The molecule has 2 saturated carbocycles. The highest BCUT2D eigenvalue weighted by molar-refractivity contribution is 5.16.